The Hall–Kier alpha value is -2.01. The second-order valence-electron chi connectivity index (χ2n) is 5.33. The van der Waals surface area contributed by atoms with Crippen LogP contribution < -0.4 is 15.2 Å². The van der Waals surface area contributed by atoms with Crippen molar-refractivity contribution in [3.63, 3.8) is 0 Å². The summed E-state index contributed by atoms with van der Waals surface area (Å²) in [6, 6.07) is 5.69. The molecule has 114 valence electrons. The molecule has 0 radical (unpaired) electrons. The normalized spacial score (nSPS) is 12.5. The minimum Gasteiger partial charge on any atom is -0.497 e. The zero-order valence-corrected chi connectivity index (χ0v) is 13.0. The maximum atomic E-state index is 5.85. The van der Waals surface area contributed by atoms with Crippen LogP contribution >= 0.6 is 0 Å². The van der Waals surface area contributed by atoms with Crippen LogP contribution in [0.15, 0.2) is 24.4 Å². The molecule has 21 heavy (non-hydrogen) atoms. The number of nitrogens with zero attached hydrogens (tertiary/aromatic N) is 1. The number of aromatic nitrogens is 2. The lowest BCUT2D eigenvalue weighted by Gasteiger charge is -2.16. The van der Waals surface area contributed by atoms with Gasteiger partial charge in [-0.3, -0.25) is 0 Å². The SMILES string of the molecule is COc1ccc(OC)c(-c2cnc(C(CN)C(C)C)[nH]2)c1. The smallest absolute Gasteiger partial charge is 0.128 e. The molecule has 0 bridgehead atoms. The highest BCUT2D eigenvalue weighted by Crippen LogP contribution is 2.33. The van der Waals surface area contributed by atoms with E-state index in [1.807, 2.05) is 24.4 Å². The molecule has 1 heterocycles. The van der Waals surface area contributed by atoms with Gasteiger partial charge >= 0.3 is 0 Å². The molecule has 0 aliphatic carbocycles. The number of H-pyrrole nitrogens is 1. The van der Waals surface area contributed by atoms with Gasteiger partial charge in [-0.2, -0.15) is 0 Å². The van der Waals surface area contributed by atoms with Crippen molar-refractivity contribution < 1.29 is 9.47 Å². The maximum Gasteiger partial charge on any atom is 0.128 e. The number of methoxy groups -OCH3 is 2. The highest BCUT2D eigenvalue weighted by molar-refractivity contribution is 5.68. The van der Waals surface area contributed by atoms with E-state index < -0.39 is 0 Å². The van der Waals surface area contributed by atoms with Gasteiger partial charge in [-0.25, -0.2) is 4.98 Å². The maximum absolute atomic E-state index is 5.85. The summed E-state index contributed by atoms with van der Waals surface area (Å²) >= 11 is 0. The van der Waals surface area contributed by atoms with E-state index in [2.05, 4.69) is 23.8 Å². The molecule has 0 saturated carbocycles. The van der Waals surface area contributed by atoms with Crippen LogP contribution in [0.1, 0.15) is 25.6 Å². The van der Waals surface area contributed by atoms with Crippen LogP contribution in [0.25, 0.3) is 11.3 Å². The summed E-state index contributed by atoms with van der Waals surface area (Å²) in [6.45, 7) is 4.86. The molecule has 2 rings (SSSR count). The first-order valence-electron chi connectivity index (χ1n) is 7.08. The fourth-order valence-electron chi connectivity index (χ4n) is 2.39. The minimum absolute atomic E-state index is 0.218. The number of rotatable bonds is 6. The monoisotopic (exact) mass is 289 g/mol. The van der Waals surface area contributed by atoms with Gasteiger partial charge in [-0.05, 0) is 24.1 Å². The number of hydrogen-bond acceptors (Lipinski definition) is 4. The van der Waals surface area contributed by atoms with Gasteiger partial charge in [0.05, 0.1) is 26.1 Å². The highest BCUT2D eigenvalue weighted by atomic mass is 16.5. The molecule has 0 saturated heterocycles. The molecule has 5 nitrogen and oxygen atoms in total. The predicted molar refractivity (Wildman–Crippen MR) is 83.8 cm³/mol. The second-order valence-corrected chi connectivity index (χ2v) is 5.33. The number of imidazole rings is 1. The molecule has 0 amide bonds. The van der Waals surface area contributed by atoms with E-state index in [-0.39, 0.29) is 5.92 Å². The van der Waals surface area contributed by atoms with E-state index in [0.29, 0.717) is 12.5 Å². The molecule has 0 aliphatic heterocycles. The van der Waals surface area contributed by atoms with Crippen molar-refractivity contribution in [2.24, 2.45) is 11.7 Å². The van der Waals surface area contributed by atoms with Crippen molar-refractivity contribution in [1.29, 1.82) is 0 Å². The van der Waals surface area contributed by atoms with Gasteiger partial charge in [0.15, 0.2) is 0 Å². The molecular weight excluding hydrogens is 266 g/mol. The summed E-state index contributed by atoms with van der Waals surface area (Å²) in [4.78, 5) is 7.85. The second kappa shape index (κ2) is 6.63. The lowest BCUT2D eigenvalue weighted by Crippen LogP contribution is -2.19. The van der Waals surface area contributed by atoms with E-state index in [1.54, 1.807) is 14.2 Å². The zero-order valence-electron chi connectivity index (χ0n) is 13.0. The van der Waals surface area contributed by atoms with Gasteiger partial charge in [0.1, 0.15) is 17.3 Å². The summed E-state index contributed by atoms with van der Waals surface area (Å²) < 4.78 is 10.7. The first-order valence-corrected chi connectivity index (χ1v) is 7.08. The van der Waals surface area contributed by atoms with Crippen molar-refractivity contribution in [3.8, 4) is 22.8 Å². The predicted octanol–water partition coefficient (Wildman–Crippen LogP) is 2.79. The van der Waals surface area contributed by atoms with E-state index in [4.69, 9.17) is 15.2 Å². The first-order chi connectivity index (χ1) is 10.1. The summed E-state index contributed by atoms with van der Waals surface area (Å²) in [5.41, 5.74) is 7.68. The molecule has 1 aromatic heterocycles. The third-order valence-corrected chi connectivity index (χ3v) is 3.70. The number of hydrogen-bond donors (Lipinski definition) is 2. The summed E-state index contributed by atoms with van der Waals surface area (Å²) in [5.74, 6) is 3.12. The average molecular weight is 289 g/mol. The first kappa shape index (κ1) is 15.4. The van der Waals surface area contributed by atoms with E-state index in [0.717, 1.165) is 28.6 Å². The van der Waals surface area contributed by atoms with E-state index in [9.17, 15) is 0 Å². The molecule has 0 fully saturated rings. The van der Waals surface area contributed by atoms with Gasteiger partial charge < -0.3 is 20.2 Å². The lowest BCUT2D eigenvalue weighted by molar-refractivity contribution is 0.404. The average Bonchev–Trinajstić information content (AvgIpc) is 2.96. The Balaban J connectivity index is 2.41. The third-order valence-electron chi connectivity index (χ3n) is 3.70. The number of ether oxygens (including phenoxy) is 2. The van der Waals surface area contributed by atoms with Crippen LogP contribution in [0, 0.1) is 5.92 Å². The molecule has 0 aliphatic rings. The Morgan fingerprint density at radius 1 is 1.24 bits per heavy atom. The van der Waals surface area contributed by atoms with Gasteiger partial charge in [-0.1, -0.05) is 13.8 Å². The third kappa shape index (κ3) is 3.19. The van der Waals surface area contributed by atoms with E-state index >= 15 is 0 Å². The Bertz CT molecular complexity index is 593. The van der Waals surface area contributed by atoms with Gasteiger partial charge in [-0.15, -0.1) is 0 Å². The Labute approximate surface area is 125 Å². The lowest BCUT2D eigenvalue weighted by atomic mass is 9.95. The van der Waals surface area contributed by atoms with E-state index in [1.165, 1.54) is 0 Å². The minimum atomic E-state index is 0.218. The number of benzene rings is 1. The standard InChI is InChI=1S/C16H23N3O2/c1-10(2)13(8-17)16-18-9-14(19-16)12-7-11(20-3)5-6-15(12)21-4/h5-7,9-10,13H,8,17H2,1-4H3,(H,18,19). The van der Waals surface area contributed by atoms with Crippen LogP contribution in [0.5, 0.6) is 11.5 Å². The molecule has 1 aromatic carbocycles. The van der Waals surface area contributed by atoms with Crippen LogP contribution in [0.3, 0.4) is 0 Å². The van der Waals surface area contributed by atoms with Crippen LogP contribution in [0.4, 0.5) is 0 Å². The van der Waals surface area contributed by atoms with Gasteiger partial charge in [0, 0.05) is 18.0 Å². The fraction of sp³-hybridized carbons (Fsp3) is 0.438. The van der Waals surface area contributed by atoms with Crippen molar-refractivity contribution in [2.45, 2.75) is 19.8 Å². The molecule has 5 heteroatoms. The molecule has 1 unspecified atom stereocenters. The number of nitrogens with two attached hydrogens (primary N) is 1. The van der Waals surface area contributed by atoms with Crippen LogP contribution in [0.2, 0.25) is 0 Å². The molecule has 3 N–H and O–H groups in total. The topological polar surface area (TPSA) is 73.2 Å². The quantitative estimate of drug-likeness (QED) is 0.857. The number of nitrogens with one attached hydrogen (secondary N) is 1. The van der Waals surface area contributed by atoms with Crippen molar-refractivity contribution in [1.82, 2.24) is 9.97 Å². The zero-order chi connectivity index (χ0) is 15.4. The van der Waals surface area contributed by atoms with Crippen LogP contribution in [-0.2, 0) is 0 Å². The fourth-order valence-corrected chi connectivity index (χ4v) is 2.39. The molecular formula is C16H23N3O2. The molecule has 0 spiro atoms. The molecule has 2 aromatic rings. The van der Waals surface area contributed by atoms with Gasteiger partial charge in [0.2, 0.25) is 0 Å². The largest absolute Gasteiger partial charge is 0.497 e. The van der Waals surface area contributed by atoms with Gasteiger partial charge in [0.25, 0.3) is 0 Å². The Morgan fingerprint density at radius 2 is 2.00 bits per heavy atom. The van der Waals surface area contributed by atoms with Crippen molar-refractivity contribution in [3.05, 3.63) is 30.2 Å². The summed E-state index contributed by atoms with van der Waals surface area (Å²) in [6.07, 6.45) is 1.82. The summed E-state index contributed by atoms with van der Waals surface area (Å²) in [7, 11) is 3.30. The Kier molecular flexibility index (Phi) is 4.85. The van der Waals surface area contributed by atoms with Crippen molar-refractivity contribution >= 4 is 0 Å². The number of aromatic amines is 1. The Morgan fingerprint density at radius 3 is 2.57 bits per heavy atom. The summed E-state index contributed by atoms with van der Waals surface area (Å²) in [5, 5.41) is 0. The molecule has 1 atom stereocenters. The van der Waals surface area contributed by atoms with Crippen LogP contribution in [-0.4, -0.2) is 30.7 Å². The highest BCUT2D eigenvalue weighted by Gasteiger charge is 2.19. The van der Waals surface area contributed by atoms with Crippen molar-refractivity contribution in [2.75, 3.05) is 20.8 Å².